The number of carboxylic acids is 1. The monoisotopic (exact) mass is 255 g/mol. The van der Waals surface area contributed by atoms with E-state index in [2.05, 4.69) is 19.2 Å². The molecule has 0 saturated carbocycles. The molecule has 0 amide bonds. The van der Waals surface area contributed by atoms with Gasteiger partial charge in [0.2, 0.25) is 0 Å². The third kappa shape index (κ3) is 3.93. The van der Waals surface area contributed by atoms with E-state index in [0.29, 0.717) is 16.6 Å². The summed E-state index contributed by atoms with van der Waals surface area (Å²) >= 11 is 5.79. The first-order valence-electron chi connectivity index (χ1n) is 5.85. The number of rotatable bonds is 6. The van der Waals surface area contributed by atoms with Crippen molar-refractivity contribution >= 4 is 23.3 Å². The van der Waals surface area contributed by atoms with Crippen molar-refractivity contribution in [1.82, 2.24) is 0 Å². The van der Waals surface area contributed by atoms with Crippen LogP contribution < -0.4 is 5.32 Å². The van der Waals surface area contributed by atoms with Crippen LogP contribution in [-0.2, 0) is 0 Å². The van der Waals surface area contributed by atoms with Crippen LogP contribution in [-0.4, -0.2) is 17.6 Å². The van der Waals surface area contributed by atoms with Crippen LogP contribution in [0, 0.1) is 5.92 Å². The molecule has 0 heterocycles. The molecule has 0 aliphatic rings. The predicted molar refractivity (Wildman–Crippen MR) is 71.0 cm³/mol. The molecule has 0 radical (unpaired) electrons. The van der Waals surface area contributed by atoms with E-state index < -0.39 is 5.97 Å². The highest BCUT2D eigenvalue weighted by atomic mass is 35.5. The molecule has 0 atom stereocenters. The van der Waals surface area contributed by atoms with Crippen molar-refractivity contribution in [2.75, 3.05) is 11.9 Å². The summed E-state index contributed by atoms with van der Waals surface area (Å²) in [6.07, 6.45) is 2.17. The predicted octanol–water partition coefficient (Wildman–Crippen LogP) is 3.89. The molecule has 1 rings (SSSR count). The SMILES string of the molecule is CCC(CC)CNc1ccc(Cl)cc1C(=O)O. The number of anilines is 1. The summed E-state index contributed by atoms with van der Waals surface area (Å²) in [5.41, 5.74) is 0.859. The molecule has 0 unspecified atom stereocenters. The third-order valence-electron chi connectivity index (χ3n) is 2.95. The highest BCUT2D eigenvalue weighted by Crippen LogP contribution is 2.21. The first-order valence-corrected chi connectivity index (χ1v) is 6.23. The fourth-order valence-corrected chi connectivity index (χ4v) is 1.85. The zero-order valence-corrected chi connectivity index (χ0v) is 10.9. The highest BCUT2D eigenvalue weighted by molar-refractivity contribution is 6.31. The minimum absolute atomic E-state index is 0.225. The van der Waals surface area contributed by atoms with Gasteiger partial charge in [-0.15, -0.1) is 0 Å². The van der Waals surface area contributed by atoms with Gasteiger partial charge in [0.25, 0.3) is 0 Å². The van der Waals surface area contributed by atoms with E-state index in [9.17, 15) is 4.79 Å². The molecule has 0 fully saturated rings. The number of hydrogen-bond acceptors (Lipinski definition) is 2. The van der Waals surface area contributed by atoms with Gasteiger partial charge in [0.05, 0.1) is 5.56 Å². The van der Waals surface area contributed by atoms with Crippen molar-refractivity contribution in [3.63, 3.8) is 0 Å². The van der Waals surface area contributed by atoms with E-state index in [1.54, 1.807) is 12.1 Å². The van der Waals surface area contributed by atoms with Gasteiger partial charge >= 0.3 is 5.97 Å². The van der Waals surface area contributed by atoms with Crippen LogP contribution in [0.25, 0.3) is 0 Å². The van der Waals surface area contributed by atoms with Crippen LogP contribution in [0.2, 0.25) is 5.02 Å². The van der Waals surface area contributed by atoms with Crippen molar-refractivity contribution in [2.45, 2.75) is 26.7 Å². The van der Waals surface area contributed by atoms with Crippen LogP contribution >= 0.6 is 11.6 Å². The van der Waals surface area contributed by atoms with Crippen LogP contribution in [0.3, 0.4) is 0 Å². The zero-order chi connectivity index (χ0) is 12.8. The van der Waals surface area contributed by atoms with Crippen LogP contribution in [0.1, 0.15) is 37.0 Å². The molecule has 0 aliphatic heterocycles. The van der Waals surface area contributed by atoms with Crippen molar-refractivity contribution in [2.24, 2.45) is 5.92 Å². The molecule has 1 aromatic rings. The maximum atomic E-state index is 11.1. The maximum Gasteiger partial charge on any atom is 0.337 e. The first-order chi connectivity index (χ1) is 8.08. The summed E-state index contributed by atoms with van der Waals surface area (Å²) in [5, 5.41) is 12.7. The number of halogens is 1. The van der Waals surface area contributed by atoms with Crippen LogP contribution in [0.4, 0.5) is 5.69 Å². The Labute approximate surface area is 107 Å². The molecule has 0 spiro atoms. The Balaban J connectivity index is 2.80. The Morgan fingerprint density at radius 3 is 2.59 bits per heavy atom. The molecular formula is C13H18ClNO2. The Kier molecular flexibility index (Phi) is 5.29. The van der Waals surface area contributed by atoms with E-state index in [4.69, 9.17) is 16.7 Å². The van der Waals surface area contributed by atoms with Crippen molar-refractivity contribution in [1.29, 1.82) is 0 Å². The number of hydrogen-bond donors (Lipinski definition) is 2. The second-order valence-corrected chi connectivity index (χ2v) is 4.49. The second-order valence-electron chi connectivity index (χ2n) is 4.06. The van der Waals surface area contributed by atoms with Gasteiger partial charge in [-0.1, -0.05) is 38.3 Å². The molecule has 0 aromatic heterocycles. The summed E-state index contributed by atoms with van der Waals surface area (Å²) < 4.78 is 0. The highest BCUT2D eigenvalue weighted by Gasteiger charge is 2.11. The Morgan fingerprint density at radius 2 is 2.06 bits per heavy atom. The molecule has 0 saturated heterocycles. The molecule has 3 nitrogen and oxygen atoms in total. The van der Waals surface area contributed by atoms with Crippen molar-refractivity contribution < 1.29 is 9.90 Å². The molecule has 0 bridgehead atoms. The fraction of sp³-hybridized carbons (Fsp3) is 0.462. The molecular weight excluding hydrogens is 238 g/mol. The lowest BCUT2D eigenvalue weighted by Crippen LogP contribution is -2.14. The molecule has 2 N–H and O–H groups in total. The third-order valence-corrected chi connectivity index (χ3v) is 3.18. The van der Waals surface area contributed by atoms with Gasteiger partial charge in [0.1, 0.15) is 0 Å². The van der Waals surface area contributed by atoms with E-state index in [-0.39, 0.29) is 5.56 Å². The average molecular weight is 256 g/mol. The summed E-state index contributed by atoms with van der Waals surface area (Å²) in [7, 11) is 0. The number of benzene rings is 1. The lowest BCUT2D eigenvalue weighted by atomic mass is 10.0. The molecule has 1 aromatic carbocycles. The first kappa shape index (κ1) is 13.8. The van der Waals surface area contributed by atoms with Gasteiger partial charge in [-0.3, -0.25) is 0 Å². The lowest BCUT2D eigenvalue weighted by Gasteiger charge is -2.15. The van der Waals surface area contributed by atoms with Gasteiger partial charge in [0.15, 0.2) is 0 Å². The Hall–Kier alpha value is -1.22. The Morgan fingerprint density at radius 1 is 1.41 bits per heavy atom. The van der Waals surface area contributed by atoms with Crippen LogP contribution in [0.15, 0.2) is 18.2 Å². The fourth-order valence-electron chi connectivity index (χ4n) is 1.68. The van der Waals surface area contributed by atoms with Gasteiger partial charge in [-0.05, 0) is 24.1 Å². The smallest absolute Gasteiger partial charge is 0.337 e. The summed E-state index contributed by atoms with van der Waals surface area (Å²) in [6, 6.07) is 4.89. The van der Waals surface area contributed by atoms with Gasteiger partial charge in [-0.2, -0.15) is 0 Å². The summed E-state index contributed by atoms with van der Waals surface area (Å²) in [6.45, 7) is 5.06. The normalized spacial score (nSPS) is 10.6. The van der Waals surface area contributed by atoms with E-state index in [1.165, 1.54) is 6.07 Å². The molecule has 17 heavy (non-hydrogen) atoms. The average Bonchev–Trinajstić information content (AvgIpc) is 2.31. The molecule has 0 aliphatic carbocycles. The van der Waals surface area contributed by atoms with E-state index in [1.807, 2.05) is 0 Å². The largest absolute Gasteiger partial charge is 0.478 e. The summed E-state index contributed by atoms with van der Waals surface area (Å²) in [4.78, 5) is 11.1. The Bertz CT molecular complexity index is 389. The van der Waals surface area contributed by atoms with Crippen LogP contribution in [0.5, 0.6) is 0 Å². The zero-order valence-electron chi connectivity index (χ0n) is 10.2. The minimum atomic E-state index is -0.959. The quantitative estimate of drug-likeness (QED) is 0.811. The van der Waals surface area contributed by atoms with Gasteiger partial charge < -0.3 is 10.4 Å². The van der Waals surface area contributed by atoms with Gasteiger partial charge in [-0.25, -0.2) is 4.79 Å². The minimum Gasteiger partial charge on any atom is -0.478 e. The van der Waals surface area contributed by atoms with E-state index in [0.717, 1.165) is 19.4 Å². The topological polar surface area (TPSA) is 49.3 Å². The number of aromatic carboxylic acids is 1. The maximum absolute atomic E-state index is 11.1. The standard InChI is InChI=1S/C13H18ClNO2/c1-3-9(4-2)8-15-12-6-5-10(14)7-11(12)13(16)17/h5-7,9,15H,3-4,8H2,1-2H3,(H,16,17). The van der Waals surface area contributed by atoms with E-state index >= 15 is 0 Å². The summed E-state index contributed by atoms with van der Waals surface area (Å²) in [5.74, 6) is -0.396. The number of carboxylic acid groups (broad SMARTS) is 1. The second kappa shape index (κ2) is 6.50. The van der Waals surface area contributed by atoms with Crippen molar-refractivity contribution in [3.05, 3.63) is 28.8 Å². The lowest BCUT2D eigenvalue weighted by molar-refractivity contribution is 0.0698. The van der Waals surface area contributed by atoms with Gasteiger partial charge in [0, 0.05) is 17.3 Å². The number of nitrogens with one attached hydrogen (secondary N) is 1. The number of carbonyl (C=O) groups is 1. The molecule has 4 heteroatoms. The van der Waals surface area contributed by atoms with Crippen molar-refractivity contribution in [3.8, 4) is 0 Å². The molecule has 94 valence electrons.